The van der Waals surface area contributed by atoms with Gasteiger partial charge in [-0.3, -0.25) is 9.59 Å². The number of rotatable bonds is 2. The largest absolute Gasteiger partial charge is 2.00 e. The van der Waals surface area contributed by atoms with E-state index in [1.807, 2.05) is 0 Å². The first kappa shape index (κ1) is 19.2. The predicted molar refractivity (Wildman–Crippen MR) is 54.6 cm³/mol. The molecule has 0 aliphatic carbocycles. The number of hydrogen-bond donors (Lipinski definition) is 0. The third kappa shape index (κ3) is 32.5. The molecule has 80 valence electrons. The van der Waals surface area contributed by atoms with Crippen LogP contribution in [0.5, 0.6) is 0 Å². The van der Waals surface area contributed by atoms with Crippen LogP contribution in [0.15, 0.2) is 23.7 Å². The van der Waals surface area contributed by atoms with Crippen LogP contribution in [0.3, 0.4) is 0 Å². The molecule has 15 heavy (non-hydrogen) atoms. The monoisotopic (exact) mass is 207 g/mol. The fraction of sp³-hybridized carbons (Fsp3) is 0.400. The van der Waals surface area contributed by atoms with Crippen molar-refractivity contribution in [2.45, 2.75) is 27.7 Å². The van der Waals surface area contributed by atoms with Crippen molar-refractivity contribution in [1.82, 2.24) is 0 Å². The maximum Gasteiger partial charge on any atom is 2.00 e. The summed E-state index contributed by atoms with van der Waals surface area (Å²) in [5.74, 6) is -0.750. The maximum atomic E-state index is 9.98. The molecule has 0 unspecified atom stereocenters. The van der Waals surface area contributed by atoms with Crippen molar-refractivity contribution >= 4 is 21.7 Å². The van der Waals surface area contributed by atoms with E-state index in [2.05, 4.69) is 0 Å². The molecule has 0 aliphatic rings. The minimum atomic E-state index is -0.187. The SMILES string of the molecule is CC(=O)/C=C(/C)[O-].CC(=O)/C=C(/C)[O-].[Be+2]. The van der Waals surface area contributed by atoms with E-state index in [4.69, 9.17) is 0 Å². The number of carbonyl (C=O) groups is 2. The van der Waals surface area contributed by atoms with Crippen molar-refractivity contribution in [1.29, 1.82) is 0 Å². The molecule has 0 spiro atoms. The van der Waals surface area contributed by atoms with E-state index in [1.54, 1.807) is 0 Å². The molecule has 0 amide bonds. The van der Waals surface area contributed by atoms with E-state index in [0.717, 1.165) is 12.2 Å². The minimum absolute atomic E-state index is 0. The summed E-state index contributed by atoms with van der Waals surface area (Å²) < 4.78 is 0. The molecule has 5 heteroatoms. The molecule has 0 bridgehead atoms. The molecule has 0 rings (SSSR count). The second-order valence-corrected chi connectivity index (χ2v) is 2.73. The van der Waals surface area contributed by atoms with Crippen LogP contribution in [-0.4, -0.2) is 21.7 Å². The Kier molecular flexibility index (Phi) is 13.7. The summed E-state index contributed by atoms with van der Waals surface area (Å²) in [6.07, 6.45) is 2.11. The average Bonchev–Trinajstić information content (AvgIpc) is 1.79. The van der Waals surface area contributed by atoms with Crippen molar-refractivity contribution in [2.24, 2.45) is 0 Å². The third-order valence-electron chi connectivity index (χ3n) is 0.813. The molecule has 0 saturated heterocycles. The summed E-state index contributed by atoms with van der Waals surface area (Å²) in [5, 5.41) is 20.0. The smallest absolute Gasteiger partial charge is 0.876 e. The van der Waals surface area contributed by atoms with Crippen molar-refractivity contribution in [2.75, 3.05) is 0 Å². The van der Waals surface area contributed by atoms with Gasteiger partial charge in [0, 0.05) is 0 Å². The van der Waals surface area contributed by atoms with Crippen molar-refractivity contribution in [3.8, 4) is 0 Å². The Morgan fingerprint density at radius 1 is 0.800 bits per heavy atom. The molecule has 0 aromatic rings. The van der Waals surface area contributed by atoms with Gasteiger partial charge in [0.1, 0.15) is 0 Å². The summed E-state index contributed by atoms with van der Waals surface area (Å²) in [7, 11) is 0. The van der Waals surface area contributed by atoms with Crippen LogP contribution >= 0.6 is 0 Å². The van der Waals surface area contributed by atoms with Gasteiger partial charge in [-0.15, -0.1) is 11.5 Å². The zero-order valence-corrected chi connectivity index (χ0v) is 9.49. The summed E-state index contributed by atoms with van der Waals surface area (Å²) in [6.45, 7) is 5.39. The van der Waals surface area contributed by atoms with E-state index in [-0.39, 0.29) is 33.2 Å². The minimum Gasteiger partial charge on any atom is -0.876 e. The number of hydrogen-bond acceptors (Lipinski definition) is 4. The van der Waals surface area contributed by atoms with E-state index >= 15 is 0 Å². The zero-order chi connectivity index (χ0) is 11.7. The van der Waals surface area contributed by atoms with Gasteiger partial charge in [0.15, 0.2) is 11.6 Å². The molecule has 0 aliphatic heterocycles. The van der Waals surface area contributed by atoms with Crippen LogP contribution in [0.4, 0.5) is 0 Å². The van der Waals surface area contributed by atoms with Gasteiger partial charge in [0.05, 0.1) is 0 Å². The first-order chi connectivity index (χ1) is 6.25. The van der Waals surface area contributed by atoms with Gasteiger partial charge in [0.2, 0.25) is 0 Å². The molecule has 0 N–H and O–H groups in total. The second kappa shape index (κ2) is 10.7. The van der Waals surface area contributed by atoms with Gasteiger partial charge in [-0.05, 0) is 26.0 Å². The molecule has 0 atom stereocenters. The Hall–Kier alpha value is -1.41. The topological polar surface area (TPSA) is 80.3 Å². The molecular weight excluding hydrogens is 193 g/mol. The van der Waals surface area contributed by atoms with E-state index in [9.17, 15) is 19.8 Å². The Bertz CT molecular complexity index is 231. The van der Waals surface area contributed by atoms with Crippen LogP contribution in [-0.2, 0) is 9.59 Å². The van der Waals surface area contributed by atoms with Crippen LogP contribution < -0.4 is 10.2 Å². The summed E-state index contributed by atoms with van der Waals surface area (Å²) >= 11 is 0. The standard InChI is InChI=1S/2C5H8O2.Be/c2*1-4(6)3-5(2)7;/h2*3,6H,1-2H3;/q;;+2/p-2/b2*4-3-;. The Labute approximate surface area is 93.5 Å². The van der Waals surface area contributed by atoms with Crippen LogP contribution in [0, 0.1) is 0 Å². The average molecular weight is 207 g/mol. The van der Waals surface area contributed by atoms with Crippen molar-refractivity contribution in [3.05, 3.63) is 23.7 Å². The summed E-state index contributed by atoms with van der Waals surface area (Å²) in [4.78, 5) is 20.0. The van der Waals surface area contributed by atoms with Crippen molar-refractivity contribution < 1.29 is 19.8 Å². The van der Waals surface area contributed by atoms with E-state index in [0.29, 0.717) is 0 Å². The van der Waals surface area contributed by atoms with Gasteiger partial charge in [-0.1, -0.05) is 13.8 Å². The molecule has 0 aromatic carbocycles. The van der Waals surface area contributed by atoms with Crippen molar-refractivity contribution in [3.63, 3.8) is 0 Å². The Morgan fingerprint density at radius 2 is 1.00 bits per heavy atom. The fourth-order valence-corrected chi connectivity index (χ4v) is 0.572. The molecule has 4 nitrogen and oxygen atoms in total. The van der Waals surface area contributed by atoms with Gasteiger partial charge < -0.3 is 10.2 Å². The molecule has 0 heterocycles. The summed E-state index contributed by atoms with van der Waals surface area (Å²) in [6, 6.07) is 0. The van der Waals surface area contributed by atoms with Crippen LogP contribution in [0.2, 0.25) is 0 Å². The molecule has 0 saturated carbocycles. The van der Waals surface area contributed by atoms with Gasteiger partial charge in [-0.25, -0.2) is 0 Å². The number of carbonyl (C=O) groups excluding carboxylic acids is 2. The maximum absolute atomic E-state index is 9.98. The Balaban J connectivity index is -0.000000180. The first-order valence-corrected chi connectivity index (χ1v) is 3.97. The Morgan fingerprint density at radius 3 is 1.00 bits per heavy atom. The van der Waals surface area contributed by atoms with Crippen LogP contribution in [0.25, 0.3) is 0 Å². The second-order valence-electron chi connectivity index (χ2n) is 2.73. The van der Waals surface area contributed by atoms with Gasteiger partial charge >= 0.3 is 10.1 Å². The van der Waals surface area contributed by atoms with E-state index < -0.39 is 0 Å². The van der Waals surface area contributed by atoms with Gasteiger partial charge in [0.25, 0.3) is 0 Å². The number of ketones is 2. The van der Waals surface area contributed by atoms with Crippen LogP contribution in [0.1, 0.15) is 27.7 Å². The quantitative estimate of drug-likeness (QED) is 0.340. The third-order valence-corrected chi connectivity index (χ3v) is 0.813. The van der Waals surface area contributed by atoms with E-state index in [1.165, 1.54) is 27.7 Å². The summed E-state index contributed by atoms with van der Waals surface area (Å²) in [5.41, 5.74) is 0. The predicted octanol–water partition coefficient (Wildman–Crippen LogP) is -0.702. The fourth-order valence-electron chi connectivity index (χ4n) is 0.572. The first-order valence-electron chi connectivity index (χ1n) is 3.97. The molecule has 0 aromatic heterocycles. The zero-order valence-electron chi connectivity index (χ0n) is 9.49. The molecule has 0 radical (unpaired) electrons. The van der Waals surface area contributed by atoms with Gasteiger partial charge in [-0.2, -0.15) is 0 Å². The molecule has 0 fully saturated rings. The molecular formula is C10H14BeO4. The normalized spacial score (nSPS) is 10.7. The number of allylic oxidation sites excluding steroid dienone is 4.